The minimum atomic E-state index is 0.518. The Labute approximate surface area is 146 Å². The largest absolute Gasteiger partial charge is 0.487 e. The zero-order chi connectivity index (χ0) is 15.4. The molecule has 2 nitrogen and oxygen atoms in total. The zero-order valence-electron chi connectivity index (χ0n) is 11.7. The third-order valence-electron chi connectivity index (χ3n) is 3.18. The van der Waals surface area contributed by atoms with Crippen LogP contribution in [0.3, 0.4) is 0 Å². The Balaban J connectivity index is 1.93. The summed E-state index contributed by atoms with van der Waals surface area (Å²) < 4.78 is 7.77. The minimum absolute atomic E-state index is 0.518. The quantitative estimate of drug-likeness (QED) is 0.495. The molecule has 0 aliphatic rings. The van der Waals surface area contributed by atoms with Crippen LogP contribution in [0, 0.1) is 0 Å². The van der Waals surface area contributed by atoms with Gasteiger partial charge in [0.15, 0.2) is 0 Å². The maximum Gasteiger partial charge on any atom is 0.143 e. The van der Waals surface area contributed by atoms with Crippen molar-refractivity contribution in [2.45, 2.75) is 6.61 Å². The Kier molecular flexibility index (Phi) is 4.90. The number of benzene rings is 2. The first kappa shape index (κ1) is 15.3. The third-order valence-corrected chi connectivity index (χ3v) is 4.25. The van der Waals surface area contributed by atoms with E-state index in [1.807, 2.05) is 66.7 Å². The summed E-state index contributed by atoms with van der Waals surface area (Å²) in [5.74, 6) is 0.803. The molecule has 3 rings (SSSR count). The number of rotatable bonds is 4. The van der Waals surface area contributed by atoms with Crippen LogP contribution in [0.25, 0.3) is 11.3 Å². The summed E-state index contributed by atoms with van der Waals surface area (Å²) in [6.45, 7) is 0.518. The van der Waals surface area contributed by atoms with E-state index in [-0.39, 0.29) is 0 Å². The third kappa shape index (κ3) is 3.57. The SMILES string of the molecule is Brc1cccc(-c2cccc(Br)c2OCc2ccccc2)n1. The van der Waals surface area contributed by atoms with E-state index in [2.05, 4.69) is 36.8 Å². The first-order valence-corrected chi connectivity index (χ1v) is 8.41. The van der Waals surface area contributed by atoms with E-state index in [1.165, 1.54) is 0 Å². The van der Waals surface area contributed by atoms with Gasteiger partial charge in [-0.05, 0) is 61.7 Å². The molecule has 110 valence electrons. The second kappa shape index (κ2) is 7.07. The molecule has 0 atom stereocenters. The number of hydrogen-bond donors (Lipinski definition) is 0. The van der Waals surface area contributed by atoms with Crippen LogP contribution in [-0.2, 0) is 6.61 Å². The Morgan fingerprint density at radius 3 is 2.36 bits per heavy atom. The summed E-state index contributed by atoms with van der Waals surface area (Å²) in [7, 11) is 0. The molecule has 0 amide bonds. The smallest absolute Gasteiger partial charge is 0.143 e. The highest BCUT2D eigenvalue weighted by Crippen LogP contribution is 2.36. The van der Waals surface area contributed by atoms with Crippen LogP contribution < -0.4 is 4.74 Å². The molecule has 4 heteroatoms. The molecule has 0 N–H and O–H groups in total. The summed E-state index contributed by atoms with van der Waals surface area (Å²) >= 11 is 6.99. The molecule has 22 heavy (non-hydrogen) atoms. The van der Waals surface area contributed by atoms with Crippen molar-refractivity contribution >= 4 is 31.9 Å². The lowest BCUT2D eigenvalue weighted by atomic mass is 10.1. The van der Waals surface area contributed by atoms with E-state index in [1.54, 1.807) is 0 Å². The Morgan fingerprint density at radius 1 is 0.818 bits per heavy atom. The van der Waals surface area contributed by atoms with Gasteiger partial charge in [0, 0.05) is 5.56 Å². The zero-order valence-corrected chi connectivity index (χ0v) is 14.8. The van der Waals surface area contributed by atoms with Gasteiger partial charge in [-0.25, -0.2) is 4.98 Å². The molecule has 0 bridgehead atoms. The molecule has 0 saturated heterocycles. The van der Waals surface area contributed by atoms with Crippen LogP contribution in [0.2, 0.25) is 0 Å². The van der Waals surface area contributed by atoms with E-state index in [9.17, 15) is 0 Å². The van der Waals surface area contributed by atoms with E-state index in [0.29, 0.717) is 6.61 Å². The van der Waals surface area contributed by atoms with Crippen molar-refractivity contribution in [1.82, 2.24) is 4.98 Å². The van der Waals surface area contributed by atoms with Crippen molar-refractivity contribution in [2.75, 3.05) is 0 Å². The van der Waals surface area contributed by atoms with Crippen molar-refractivity contribution < 1.29 is 4.74 Å². The average Bonchev–Trinajstić information content (AvgIpc) is 2.54. The molecular formula is C18H13Br2NO. The van der Waals surface area contributed by atoms with Crippen molar-refractivity contribution in [1.29, 1.82) is 0 Å². The summed E-state index contributed by atoms with van der Waals surface area (Å²) in [5, 5.41) is 0. The lowest BCUT2D eigenvalue weighted by molar-refractivity contribution is 0.305. The minimum Gasteiger partial charge on any atom is -0.487 e. The molecule has 0 spiro atoms. The number of pyridine rings is 1. The lowest BCUT2D eigenvalue weighted by Crippen LogP contribution is -1.98. The topological polar surface area (TPSA) is 22.1 Å². The lowest BCUT2D eigenvalue weighted by Gasteiger charge is -2.13. The predicted octanol–water partition coefficient (Wildman–Crippen LogP) is 5.85. The number of aromatic nitrogens is 1. The van der Waals surface area contributed by atoms with Gasteiger partial charge in [0.1, 0.15) is 17.0 Å². The van der Waals surface area contributed by atoms with Gasteiger partial charge in [-0.3, -0.25) is 0 Å². The highest BCUT2D eigenvalue weighted by molar-refractivity contribution is 9.10. The van der Waals surface area contributed by atoms with Gasteiger partial charge >= 0.3 is 0 Å². The van der Waals surface area contributed by atoms with Crippen molar-refractivity contribution in [3.8, 4) is 17.0 Å². The molecule has 0 radical (unpaired) electrons. The van der Waals surface area contributed by atoms with Crippen LogP contribution >= 0.6 is 31.9 Å². The van der Waals surface area contributed by atoms with E-state index >= 15 is 0 Å². The molecular weight excluding hydrogens is 406 g/mol. The standard InChI is InChI=1S/C18H13Br2NO/c19-15-9-4-8-14(16-10-5-11-17(20)21-16)18(15)22-12-13-6-2-1-3-7-13/h1-11H,12H2. The molecule has 0 fully saturated rings. The van der Waals surface area contributed by atoms with Gasteiger partial charge in [0.05, 0.1) is 10.2 Å². The number of hydrogen-bond acceptors (Lipinski definition) is 2. The fraction of sp³-hybridized carbons (Fsp3) is 0.0556. The molecule has 3 aromatic rings. The summed E-state index contributed by atoms with van der Waals surface area (Å²) in [4.78, 5) is 4.52. The summed E-state index contributed by atoms with van der Waals surface area (Å²) in [6.07, 6.45) is 0. The summed E-state index contributed by atoms with van der Waals surface area (Å²) in [5.41, 5.74) is 2.97. The van der Waals surface area contributed by atoms with Crippen LogP contribution in [0.5, 0.6) is 5.75 Å². The van der Waals surface area contributed by atoms with Gasteiger partial charge in [-0.1, -0.05) is 42.5 Å². The van der Waals surface area contributed by atoms with Gasteiger partial charge in [0.2, 0.25) is 0 Å². The van der Waals surface area contributed by atoms with E-state index in [0.717, 1.165) is 31.6 Å². The van der Waals surface area contributed by atoms with Crippen LogP contribution in [0.15, 0.2) is 75.8 Å². The first-order valence-electron chi connectivity index (χ1n) is 6.82. The fourth-order valence-corrected chi connectivity index (χ4v) is 2.97. The fourth-order valence-electron chi connectivity index (χ4n) is 2.15. The molecule has 1 heterocycles. The second-order valence-electron chi connectivity index (χ2n) is 4.74. The Morgan fingerprint density at radius 2 is 1.59 bits per heavy atom. The van der Waals surface area contributed by atoms with Crippen LogP contribution in [0.4, 0.5) is 0 Å². The van der Waals surface area contributed by atoms with E-state index in [4.69, 9.17) is 4.74 Å². The normalized spacial score (nSPS) is 10.5. The number of ether oxygens (including phenoxy) is 1. The van der Waals surface area contributed by atoms with Gasteiger partial charge in [-0.15, -0.1) is 0 Å². The average molecular weight is 419 g/mol. The molecule has 0 aliphatic heterocycles. The van der Waals surface area contributed by atoms with Crippen molar-refractivity contribution in [2.24, 2.45) is 0 Å². The Bertz CT molecular complexity index is 775. The predicted molar refractivity (Wildman–Crippen MR) is 95.8 cm³/mol. The van der Waals surface area contributed by atoms with Crippen LogP contribution in [-0.4, -0.2) is 4.98 Å². The number of nitrogens with zero attached hydrogens (tertiary/aromatic N) is 1. The molecule has 0 saturated carbocycles. The molecule has 0 aliphatic carbocycles. The van der Waals surface area contributed by atoms with Gasteiger partial charge < -0.3 is 4.74 Å². The highest BCUT2D eigenvalue weighted by Gasteiger charge is 2.11. The molecule has 2 aromatic carbocycles. The Hall–Kier alpha value is -1.65. The summed E-state index contributed by atoms with van der Waals surface area (Å²) in [6, 6.07) is 21.9. The van der Waals surface area contributed by atoms with Crippen LogP contribution in [0.1, 0.15) is 5.56 Å². The molecule has 0 unspecified atom stereocenters. The number of para-hydroxylation sites is 1. The maximum absolute atomic E-state index is 6.05. The van der Waals surface area contributed by atoms with Gasteiger partial charge in [-0.2, -0.15) is 0 Å². The second-order valence-corrected chi connectivity index (χ2v) is 6.40. The van der Waals surface area contributed by atoms with Crippen molar-refractivity contribution in [3.63, 3.8) is 0 Å². The van der Waals surface area contributed by atoms with Gasteiger partial charge in [0.25, 0.3) is 0 Å². The number of halogens is 2. The highest BCUT2D eigenvalue weighted by atomic mass is 79.9. The van der Waals surface area contributed by atoms with E-state index < -0.39 is 0 Å². The molecule has 1 aromatic heterocycles. The monoisotopic (exact) mass is 417 g/mol. The maximum atomic E-state index is 6.05. The van der Waals surface area contributed by atoms with Crippen molar-refractivity contribution in [3.05, 3.63) is 81.4 Å². The first-order chi connectivity index (χ1) is 10.7.